The third-order valence-corrected chi connectivity index (χ3v) is 3.24. The van der Waals surface area contributed by atoms with Gasteiger partial charge in [0.1, 0.15) is 0 Å². The van der Waals surface area contributed by atoms with Crippen LogP contribution in [0.25, 0.3) is 0 Å². The molecule has 1 aromatic heterocycles. The first kappa shape index (κ1) is 13.7. The minimum absolute atomic E-state index is 0.103. The minimum atomic E-state index is -0.104. The maximum atomic E-state index is 11.4. The summed E-state index contributed by atoms with van der Waals surface area (Å²) in [7, 11) is 0. The van der Waals surface area contributed by atoms with Crippen molar-refractivity contribution in [2.75, 3.05) is 6.54 Å². The van der Waals surface area contributed by atoms with Crippen molar-refractivity contribution in [1.29, 1.82) is 0 Å². The summed E-state index contributed by atoms with van der Waals surface area (Å²) in [4.78, 5) is 24.2. The molecule has 2 heterocycles. The van der Waals surface area contributed by atoms with Gasteiger partial charge in [-0.05, 0) is 6.42 Å². The topological polar surface area (TPSA) is 94.1 Å². The molecule has 1 fully saturated rings. The lowest BCUT2D eigenvalue weighted by Gasteiger charge is -2.12. The van der Waals surface area contributed by atoms with Gasteiger partial charge >= 0.3 is 0 Å². The van der Waals surface area contributed by atoms with Crippen molar-refractivity contribution in [2.45, 2.75) is 45.2 Å². The highest BCUT2D eigenvalue weighted by Crippen LogP contribution is 2.13. The second-order valence-electron chi connectivity index (χ2n) is 4.74. The lowest BCUT2D eigenvalue weighted by molar-refractivity contribution is -0.138. The van der Waals surface area contributed by atoms with Crippen LogP contribution in [-0.2, 0) is 16.1 Å². The normalized spacial score (nSPS) is 17.3. The highest BCUT2D eigenvalue weighted by Gasteiger charge is 2.28. The first-order chi connectivity index (χ1) is 9.11. The van der Waals surface area contributed by atoms with Crippen molar-refractivity contribution in [3.63, 3.8) is 0 Å². The van der Waals surface area contributed by atoms with E-state index in [0.29, 0.717) is 25.9 Å². The maximum absolute atomic E-state index is 11.4. The molecule has 0 radical (unpaired) electrons. The van der Waals surface area contributed by atoms with Gasteiger partial charge in [0.05, 0.1) is 24.5 Å². The third-order valence-electron chi connectivity index (χ3n) is 3.24. The van der Waals surface area contributed by atoms with Gasteiger partial charge in [-0.2, -0.15) is 0 Å². The van der Waals surface area contributed by atoms with E-state index in [9.17, 15) is 9.59 Å². The van der Waals surface area contributed by atoms with Crippen LogP contribution in [0, 0.1) is 0 Å². The first-order valence-electron chi connectivity index (χ1n) is 6.60. The van der Waals surface area contributed by atoms with E-state index in [4.69, 9.17) is 5.73 Å². The second kappa shape index (κ2) is 5.92. The number of carbonyl (C=O) groups excluding carboxylic acids is 2. The zero-order valence-electron chi connectivity index (χ0n) is 11.1. The molecule has 7 nitrogen and oxygen atoms in total. The van der Waals surface area contributed by atoms with Crippen molar-refractivity contribution in [1.82, 2.24) is 19.9 Å². The Balaban J connectivity index is 1.90. The number of nitrogens with two attached hydrogens (primary N) is 1. The monoisotopic (exact) mass is 265 g/mol. The van der Waals surface area contributed by atoms with Crippen LogP contribution in [0.3, 0.4) is 0 Å². The van der Waals surface area contributed by atoms with Gasteiger partial charge in [-0.15, -0.1) is 5.10 Å². The number of hydrogen-bond acceptors (Lipinski definition) is 5. The number of rotatable bonds is 6. The fourth-order valence-corrected chi connectivity index (χ4v) is 2.13. The molecule has 104 valence electrons. The van der Waals surface area contributed by atoms with E-state index >= 15 is 0 Å². The van der Waals surface area contributed by atoms with Crippen LogP contribution in [0.15, 0.2) is 6.20 Å². The van der Waals surface area contributed by atoms with Crippen LogP contribution >= 0.6 is 0 Å². The number of imide groups is 1. The maximum Gasteiger partial charge on any atom is 0.229 e. The Morgan fingerprint density at radius 1 is 1.32 bits per heavy atom. The molecule has 1 aliphatic heterocycles. The number of aromatic nitrogens is 3. The smallest absolute Gasteiger partial charge is 0.229 e. The molecule has 0 aliphatic carbocycles. The lowest BCUT2D eigenvalue weighted by Crippen LogP contribution is -2.32. The van der Waals surface area contributed by atoms with Gasteiger partial charge in [-0.3, -0.25) is 19.2 Å². The molecule has 0 saturated carbocycles. The summed E-state index contributed by atoms with van der Waals surface area (Å²) in [5.74, 6) is -0.207. The van der Waals surface area contributed by atoms with Crippen molar-refractivity contribution in [3.05, 3.63) is 11.9 Å². The fourth-order valence-electron chi connectivity index (χ4n) is 2.13. The van der Waals surface area contributed by atoms with Crippen molar-refractivity contribution in [2.24, 2.45) is 5.73 Å². The van der Waals surface area contributed by atoms with Crippen LogP contribution in [0.4, 0.5) is 0 Å². The van der Waals surface area contributed by atoms with Crippen molar-refractivity contribution >= 4 is 11.8 Å². The van der Waals surface area contributed by atoms with E-state index in [0.717, 1.165) is 18.5 Å². The Kier molecular flexibility index (Phi) is 4.26. The van der Waals surface area contributed by atoms with Gasteiger partial charge in [-0.1, -0.05) is 18.6 Å². The van der Waals surface area contributed by atoms with E-state index < -0.39 is 0 Å². The molecule has 1 saturated heterocycles. The molecule has 2 rings (SSSR count). The zero-order valence-corrected chi connectivity index (χ0v) is 11.1. The quantitative estimate of drug-likeness (QED) is 0.743. The van der Waals surface area contributed by atoms with E-state index in [1.807, 2.05) is 0 Å². The molecule has 2 N–H and O–H groups in total. The van der Waals surface area contributed by atoms with E-state index in [2.05, 4.69) is 17.2 Å². The predicted octanol–water partition coefficient (Wildman–Crippen LogP) is 0.227. The van der Waals surface area contributed by atoms with Crippen LogP contribution < -0.4 is 5.73 Å². The standard InChI is InChI=1S/C12H19N5O2/c1-2-3-9(13)10-8-16(15-14-10)6-7-17-11(18)4-5-12(17)19/h8-9H,2-7,13H2,1H3. The van der Waals surface area contributed by atoms with Gasteiger partial charge < -0.3 is 5.73 Å². The summed E-state index contributed by atoms with van der Waals surface area (Å²) in [6, 6.07) is -0.103. The van der Waals surface area contributed by atoms with Crippen LogP contribution in [0.1, 0.15) is 44.3 Å². The molecule has 1 atom stereocenters. The molecule has 1 aromatic rings. The summed E-state index contributed by atoms with van der Waals surface area (Å²) in [5, 5.41) is 7.99. The average molecular weight is 265 g/mol. The summed E-state index contributed by atoms with van der Waals surface area (Å²) < 4.78 is 1.63. The molecule has 19 heavy (non-hydrogen) atoms. The molecule has 0 spiro atoms. The molecule has 0 bridgehead atoms. The SMILES string of the molecule is CCCC(N)c1cn(CCN2C(=O)CCC2=O)nn1. The number of amides is 2. The highest BCUT2D eigenvalue weighted by atomic mass is 16.2. The number of nitrogens with zero attached hydrogens (tertiary/aromatic N) is 4. The molecular formula is C12H19N5O2. The van der Waals surface area contributed by atoms with Crippen LogP contribution in [0.2, 0.25) is 0 Å². The minimum Gasteiger partial charge on any atom is -0.323 e. The van der Waals surface area contributed by atoms with Gasteiger partial charge in [-0.25, -0.2) is 0 Å². The molecule has 7 heteroatoms. The van der Waals surface area contributed by atoms with Crippen LogP contribution in [0.5, 0.6) is 0 Å². The summed E-state index contributed by atoms with van der Waals surface area (Å²) in [5.41, 5.74) is 6.70. The Morgan fingerprint density at radius 3 is 2.63 bits per heavy atom. The highest BCUT2D eigenvalue weighted by molar-refractivity contribution is 6.01. The fraction of sp³-hybridized carbons (Fsp3) is 0.667. The molecule has 1 unspecified atom stereocenters. The van der Waals surface area contributed by atoms with E-state index in [1.165, 1.54) is 4.90 Å². The van der Waals surface area contributed by atoms with Gasteiger partial charge in [0.25, 0.3) is 0 Å². The molecule has 0 aromatic carbocycles. The number of likely N-dealkylation sites (tertiary alicyclic amines) is 1. The number of hydrogen-bond donors (Lipinski definition) is 1. The number of carbonyl (C=O) groups is 2. The van der Waals surface area contributed by atoms with Crippen LogP contribution in [-0.4, -0.2) is 38.3 Å². The molecule has 2 amide bonds. The Bertz CT molecular complexity index is 454. The van der Waals surface area contributed by atoms with Crippen molar-refractivity contribution in [3.8, 4) is 0 Å². The van der Waals surface area contributed by atoms with Gasteiger partial charge in [0.2, 0.25) is 11.8 Å². The van der Waals surface area contributed by atoms with Crippen molar-refractivity contribution < 1.29 is 9.59 Å². The summed E-state index contributed by atoms with van der Waals surface area (Å²) in [6.07, 6.45) is 4.28. The van der Waals surface area contributed by atoms with E-state index in [-0.39, 0.29) is 17.9 Å². The van der Waals surface area contributed by atoms with Gasteiger partial charge in [0.15, 0.2) is 0 Å². The summed E-state index contributed by atoms with van der Waals surface area (Å²) in [6.45, 7) is 2.88. The molecule has 1 aliphatic rings. The molecular weight excluding hydrogens is 246 g/mol. The predicted molar refractivity (Wildman–Crippen MR) is 67.8 cm³/mol. The second-order valence-corrected chi connectivity index (χ2v) is 4.74. The zero-order chi connectivity index (χ0) is 13.8. The lowest BCUT2D eigenvalue weighted by atomic mass is 10.1. The average Bonchev–Trinajstić information content (AvgIpc) is 2.96. The first-order valence-corrected chi connectivity index (χ1v) is 6.60. The Hall–Kier alpha value is -1.76. The van der Waals surface area contributed by atoms with E-state index in [1.54, 1.807) is 10.9 Å². The van der Waals surface area contributed by atoms with Gasteiger partial charge in [0, 0.05) is 19.4 Å². The summed E-state index contributed by atoms with van der Waals surface area (Å²) >= 11 is 0. The third kappa shape index (κ3) is 3.17. The Morgan fingerprint density at radius 2 is 2.00 bits per heavy atom. The Labute approximate surface area is 111 Å². The largest absolute Gasteiger partial charge is 0.323 e.